The van der Waals surface area contributed by atoms with Crippen LogP contribution >= 0.6 is 23.3 Å². The molecule has 1 aromatic heterocycles. The van der Waals surface area contributed by atoms with Crippen molar-refractivity contribution in [1.82, 2.24) is 9.36 Å². The van der Waals surface area contributed by atoms with Crippen molar-refractivity contribution >= 4 is 34.2 Å². The fourth-order valence-electron chi connectivity index (χ4n) is 1.94. The number of fused-ring (bicyclic) bond motifs is 1. The Morgan fingerprint density at radius 2 is 2.18 bits per heavy atom. The lowest BCUT2D eigenvalue weighted by Crippen LogP contribution is -2.17. The van der Waals surface area contributed by atoms with Gasteiger partial charge in [-0.2, -0.15) is 9.36 Å². The van der Waals surface area contributed by atoms with Crippen molar-refractivity contribution in [2.24, 2.45) is 0 Å². The molecule has 0 radical (unpaired) electrons. The van der Waals surface area contributed by atoms with E-state index in [1.807, 2.05) is 6.92 Å². The van der Waals surface area contributed by atoms with E-state index in [0.717, 1.165) is 10.9 Å². The first-order valence-electron chi connectivity index (χ1n) is 6.89. The average Bonchev–Trinajstić information content (AvgIpc) is 3.00. The van der Waals surface area contributed by atoms with Crippen LogP contribution in [0.1, 0.15) is 17.3 Å². The lowest BCUT2D eigenvalue weighted by atomic mass is 10.1. The van der Waals surface area contributed by atoms with Gasteiger partial charge in [0.15, 0.2) is 17.3 Å². The summed E-state index contributed by atoms with van der Waals surface area (Å²) in [6.07, 6.45) is 0. The summed E-state index contributed by atoms with van der Waals surface area (Å²) in [7, 11) is 0. The van der Waals surface area contributed by atoms with E-state index in [1.54, 1.807) is 30.0 Å². The van der Waals surface area contributed by atoms with Gasteiger partial charge in [0.25, 0.3) is 0 Å². The van der Waals surface area contributed by atoms with Gasteiger partial charge in [0, 0.05) is 17.1 Å². The number of thioether (sulfide) groups is 1. The van der Waals surface area contributed by atoms with Crippen LogP contribution in [0.2, 0.25) is 0 Å². The maximum atomic E-state index is 12.2. The normalized spacial score (nSPS) is 13.0. The smallest absolute Gasteiger partial charge is 0.203 e. The number of carbonyl (C=O) groups is 1. The second-order valence-electron chi connectivity index (χ2n) is 4.45. The predicted octanol–water partition coefficient (Wildman–Crippen LogP) is 2.72. The number of nitrogens with one attached hydrogen (secondary N) is 1. The van der Waals surface area contributed by atoms with Crippen LogP contribution in [-0.2, 0) is 0 Å². The van der Waals surface area contributed by atoms with Crippen molar-refractivity contribution < 1.29 is 14.3 Å². The van der Waals surface area contributed by atoms with Gasteiger partial charge in [-0.05, 0) is 24.0 Å². The highest BCUT2D eigenvalue weighted by Crippen LogP contribution is 2.30. The molecule has 0 saturated heterocycles. The molecule has 1 N–H and O–H groups in total. The molecule has 6 nitrogen and oxygen atoms in total. The fraction of sp³-hybridized carbons (Fsp3) is 0.357. The highest BCUT2D eigenvalue weighted by molar-refractivity contribution is 7.99. The first kappa shape index (κ1) is 15.1. The molecule has 0 fully saturated rings. The summed E-state index contributed by atoms with van der Waals surface area (Å²) in [5, 5.41) is 4.40. The maximum Gasteiger partial charge on any atom is 0.203 e. The average molecular weight is 337 g/mol. The molecule has 0 atom stereocenters. The number of ketones is 1. The lowest BCUT2D eigenvalue weighted by Gasteiger charge is -2.18. The number of hydrogen-bond donors (Lipinski definition) is 1. The molecule has 8 heteroatoms. The summed E-state index contributed by atoms with van der Waals surface area (Å²) < 4.78 is 15.1. The molecule has 0 aliphatic carbocycles. The molecule has 0 amide bonds. The first-order chi connectivity index (χ1) is 10.8. The Bertz CT molecular complexity index is 675. The van der Waals surface area contributed by atoms with Crippen molar-refractivity contribution in [3.05, 3.63) is 23.8 Å². The summed E-state index contributed by atoms with van der Waals surface area (Å²) in [4.78, 5) is 16.5. The molecule has 2 heterocycles. The van der Waals surface area contributed by atoms with Gasteiger partial charge < -0.3 is 14.8 Å². The number of Topliss-reactive ketones (excluding diaryl/α,β-unsaturated/α-hetero) is 1. The molecule has 2 aromatic rings. The van der Waals surface area contributed by atoms with Crippen molar-refractivity contribution in [2.75, 3.05) is 30.8 Å². The molecule has 3 rings (SSSR count). The molecule has 1 aliphatic rings. The van der Waals surface area contributed by atoms with Gasteiger partial charge in [-0.15, -0.1) is 0 Å². The van der Waals surface area contributed by atoms with E-state index >= 15 is 0 Å². The largest absolute Gasteiger partial charge is 0.486 e. The predicted molar refractivity (Wildman–Crippen MR) is 86.6 cm³/mol. The van der Waals surface area contributed by atoms with Gasteiger partial charge in [0.2, 0.25) is 10.3 Å². The number of carbonyl (C=O) groups excluding carboxylic acids is 1. The summed E-state index contributed by atoms with van der Waals surface area (Å²) in [5.74, 6) is 2.19. The van der Waals surface area contributed by atoms with Gasteiger partial charge in [0.1, 0.15) is 13.2 Å². The number of rotatable bonds is 6. The van der Waals surface area contributed by atoms with Crippen LogP contribution in [-0.4, -0.2) is 40.7 Å². The zero-order chi connectivity index (χ0) is 15.4. The van der Waals surface area contributed by atoms with Crippen molar-refractivity contribution in [3.8, 4) is 11.5 Å². The third-order valence-corrected chi connectivity index (χ3v) is 4.46. The molecule has 22 heavy (non-hydrogen) atoms. The van der Waals surface area contributed by atoms with E-state index in [2.05, 4.69) is 14.7 Å². The number of benzene rings is 1. The van der Waals surface area contributed by atoms with Crippen molar-refractivity contribution in [2.45, 2.75) is 12.1 Å². The Balaban J connectivity index is 1.61. The van der Waals surface area contributed by atoms with E-state index in [1.165, 1.54) is 11.5 Å². The zero-order valence-electron chi connectivity index (χ0n) is 12.0. The molecule has 0 saturated carbocycles. The van der Waals surface area contributed by atoms with Crippen molar-refractivity contribution in [1.29, 1.82) is 0 Å². The molecule has 0 spiro atoms. The zero-order valence-corrected chi connectivity index (χ0v) is 13.6. The number of ether oxygens (including phenoxy) is 2. The Kier molecular flexibility index (Phi) is 4.79. The fourth-order valence-corrected chi connectivity index (χ4v) is 3.21. The molecule has 0 unspecified atom stereocenters. The SMILES string of the molecule is CCSc1nsc(NCC(=O)c2ccc3c(c2)OCCO3)n1. The quantitative estimate of drug-likeness (QED) is 0.642. The standard InChI is InChI=1S/C14H15N3O3S2/c1-2-21-14-16-13(22-17-14)15-8-10(18)9-3-4-11-12(7-9)20-6-5-19-11/h3-4,7H,2,5-6,8H2,1H3,(H,15,16,17). The molecule has 0 bridgehead atoms. The van der Waals surface area contributed by atoms with E-state index in [-0.39, 0.29) is 12.3 Å². The highest BCUT2D eigenvalue weighted by atomic mass is 32.2. The van der Waals surface area contributed by atoms with Gasteiger partial charge in [0.05, 0.1) is 6.54 Å². The minimum Gasteiger partial charge on any atom is -0.486 e. The topological polar surface area (TPSA) is 73.3 Å². The second-order valence-corrected chi connectivity index (χ2v) is 6.43. The minimum absolute atomic E-state index is 0.0307. The van der Waals surface area contributed by atoms with Crippen LogP contribution in [0.5, 0.6) is 11.5 Å². The summed E-state index contributed by atoms with van der Waals surface area (Å²) in [6.45, 7) is 3.26. The van der Waals surface area contributed by atoms with Crippen LogP contribution in [0.25, 0.3) is 0 Å². The van der Waals surface area contributed by atoms with Crippen LogP contribution in [0, 0.1) is 0 Å². The van der Waals surface area contributed by atoms with Crippen LogP contribution < -0.4 is 14.8 Å². The summed E-state index contributed by atoms with van der Waals surface area (Å²) in [5.41, 5.74) is 0.587. The molecule has 1 aromatic carbocycles. The minimum atomic E-state index is -0.0307. The van der Waals surface area contributed by atoms with Crippen LogP contribution in [0.15, 0.2) is 23.4 Å². The molecular weight excluding hydrogens is 322 g/mol. The Morgan fingerprint density at radius 1 is 1.36 bits per heavy atom. The number of aromatic nitrogens is 2. The lowest BCUT2D eigenvalue weighted by molar-refractivity contribution is 0.100. The Hall–Kier alpha value is -1.80. The molecule has 1 aliphatic heterocycles. The highest BCUT2D eigenvalue weighted by Gasteiger charge is 2.15. The second kappa shape index (κ2) is 6.97. The molecular formula is C14H15N3O3S2. The van der Waals surface area contributed by atoms with Crippen LogP contribution in [0.3, 0.4) is 0 Å². The number of anilines is 1. The number of hydrogen-bond acceptors (Lipinski definition) is 8. The Morgan fingerprint density at radius 3 is 3.00 bits per heavy atom. The summed E-state index contributed by atoms with van der Waals surface area (Å²) >= 11 is 2.83. The number of nitrogens with zero attached hydrogens (tertiary/aromatic N) is 2. The molecule has 116 valence electrons. The first-order valence-corrected chi connectivity index (χ1v) is 8.65. The van der Waals surface area contributed by atoms with Gasteiger partial charge in [-0.25, -0.2) is 0 Å². The van der Waals surface area contributed by atoms with E-state index in [4.69, 9.17) is 9.47 Å². The summed E-state index contributed by atoms with van der Waals surface area (Å²) in [6, 6.07) is 5.23. The Labute approximate surface area is 136 Å². The third kappa shape index (κ3) is 3.50. The van der Waals surface area contributed by atoms with E-state index < -0.39 is 0 Å². The van der Waals surface area contributed by atoms with Crippen LogP contribution in [0.4, 0.5) is 5.13 Å². The van der Waals surface area contributed by atoms with E-state index in [9.17, 15) is 4.79 Å². The van der Waals surface area contributed by atoms with Gasteiger partial charge in [-0.3, -0.25) is 4.79 Å². The van der Waals surface area contributed by atoms with Gasteiger partial charge in [-0.1, -0.05) is 18.7 Å². The van der Waals surface area contributed by atoms with Crippen molar-refractivity contribution in [3.63, 3.8) is 0 Å². The monoisotopic (exact) mass is 337 g/mol. The third-order valence-electron chi connectivity index (χ3n) is 2.95. The van der Waals surface area contributed by atoms with E-state index in [0.29, 0.717) is 35.4 Å². The van der Waals surface area contributed by atoms with Gasteiger partial charge >= 0.3 is 0 Å². The maximum absolute atomic E-state index is 12.2.